The Balaban J connectivity index is 1.86. The fourth-order valence-corrected chi connectivity index (χ4v) is 3.03. The van der Waals surface area contributed by atoms with Gasteiger partial charge in [-0.2, -0.15) is 0 Å². The second-order valence-electron chi connectivity index (χ2n) is 6.10. The number of benzene rings is 3. The first-order valence-corrected chi connectivity index (χ1v) is 8.04. The van der Waals surface area contributed by atoms with Crippen LogP contribution in [0.15, 0.2) is 72.8 Å². The maximum atomic E-state index is 9.76. The SMILES string of the molecule is Cc1ccc(C2Oc3cc(O)ccc3C=C2c2ccccc2)cc1. The Labute approximate surface area is 141 Å². The van der Waals surface area contributed by atoms with Crippen LogP contribution in [0.4, 0.5) is 0 Å². The zero-order chi connectivity index (χ0) is 16.5. The Morgan fingerprint density at radius 3 is 2.38 bits per heavy atom. The summed E-state index contributed by atoms with van der Waals surface area (Å²) in [5, 5.41) is 9.76. The summed E-state index contributed by atoms with van der Waals surface area (Å²) in [6, 6.07) is 23.9. The van der Waals surface area contributed by atoms with E-state index in [0.717, 1.165) is 22.3 Å². The first-order chi connectivity index (χ1) is 11.7. The lowest BCUT2D eigenvalue weighted by Gasteiger charge is -2.28. The van der Waals surface area contributed by atoms with Crippen LogP contribution in [0, 0.1) is 6.92 Å². The number of hydrogen-bond acceptors (Lipinski definition) is 2. The molecule has 1 unspecified atom stereocenters. The predicted molar refractivity (Wildman–Crippen MR) is 97.0 cm³/mol. The Kier molecular flexibility index (Phi) is 3.58. The van der Waals surface area contributed by atoms with Crippen molar-refractivity contribution in [1.82, 2.24) is 0 Å². The number of aromatic hydroxyl groups is 1. The van der Waals surface area contributed by atoms with Crippen LogP contribution in [0.25, 0.3) is 11.6 Å². The van der Waals surface area contributed by atoms with Crippen LogP contribution in [0.3, 0.4) is 0 Å². The number of phenolic OH excluding ortho intramolecular Hbond substituents is 1. The van der Waals surface area contributed by atoms with Gasteiger partial charge >= 0.3 is 0 Å². The monoisotopic (exact) mass is 314 g/mol. The lowest BCUT2D eigenvalue weighted by molar-refractivity contribution is 0.260. The van der Waals surface area contributed by atoms with Gasteiger partial charge in [0.05, 0.1) is 0 Å². The van der Waals surface area contributed by atoms with E-state index in [1.54, 1.807) is 12.1 Å². The summed E-state index contributed by atoms with van der Waals surface area (Å²) < 4.78 is 6.28. The summed E-state index contributed by atoms with van der Waals surface area (Å²) in [4.78, 5) is 0. The van der Waals surface area contributed by atoms with Gasteiger partial charge in [0, 0.05) is 17.2 Å². The van der Waals surface area contributed by atoms with Crippen molar-refractivity contribution in [1.29, 1.82) is 0 Å². The van der Waals surface area contributed by atoms with Crippen LogP contribution in [-0.4, -0.2) is 5.11 Å². The van der Waals surface area contributed by atoms with Crippen molar-refractivity contribution in [3.05, 3.63) is 95.1 Å². The van der Waals surface area contributed by atoms with Crippen LogP contribution in [0.1, 0.15) is 28.4 Å². The van der Waals surface area contributed by atoms with Crippen LogP contribution in [0.2, 0.25) is 0 Å². The summed E-state index contributed by atoms with van der Waals surface area (Å²) >= 11 is 0. The Hall–Kier alpha value is -3.00. The Bertz CT molecular complexity index is 893. The van der Waals surface area contributed by atoms with Gasteiger partial charge in [0.1, 0.15) is 17.6 Å². The number of rotatable bonds is 2. The molecule has 0 aromatic heterocycles. The van der Waals surface area contributed by atoms with E-state index in [0.29, 0.717) is 5.75 Å². The molecule has 1 N–H and O–H groups in total. The maximum absolute atomic E-state index is 9.76. The summed E-state index contributed by atoms with van der Waals surface area (Å²) in [7, 11) is 0. The largest absolute Gasteiger partial charge is 0.508 e. The van der Waals surface area contributed by atoms with Gasteiger partial charge < -0.3 is 9.84 Å². The smallest absolute Gasteiger partial charge is 0.149 e. The van der Waals surface area contributed by atoms with Crippen molar-refractivity contribution < 1.29 is 9.84 Å². The highest BCUT2D eigenvalue weighted by Gasteiger charge is 2.25. The Morgan fingerprint density at radius 1 is 0.875 bits per heavy atom. The van der Waals surface area contributed by atoms with Crippen molar-refractivity contribution in [2.24, 2.45) is 0 Å². The molecule has 0 radical (unpaired) electrons. The van der Waals surface area contributed by atoms with Gasteiger partial charge in [-0.25, -0.2) is 0 Å². The zero-order valence-corrected chi connectivity index (χ0v) is 13.4. The van der Waals surface area contributed by atoms with Gasteiger partial charge in [0.2, 0.25) is 0 Å². The number of hydrogen-bond donors (Lipinski definition) is 1. The number of ether oxygens (including phenoxy) is 1. The average molecular weight is 314 g/mol. The van der Waals surface area contributed by atoms with Crippen molar-refractivity contribution >= 4 is 11.6 Å². The molecule has 1 atom stereocenters. The minimum Gasteiger partial charge on any atom is -0.508 e. The lowest BCUT2D eigenvalue weighted by Crippen LogP contribution is -2.14. The summed E-state index contributed by atoms with van der Waals surface area (Å²) in [5.74, 6) is 0.924. The first-order valence-electron chi connectivity index (χ1n) is 8.04. The molecule has 4 rings (SSSR count). The van der Waals surface area contributed by atoms with Crippen molar-refractivity contribution in [2.45, 2.75) is 13.0 Å². The fourth-order valence-electron chi connectivity index (χ4n) is 3.03. The molecule has 0 aliphatic carbocycles. The molecule has 1 aliphatic heterocycles. The van der Waals surface area contributed by atoms with Gasteiger partial charge in [-0.05, 0) is 36.3 Å². The van der Waals surface area contributed by atoms with Crippen molar-refractivity contribution in [3.8, 4) is 11.5 Å². The van der Waals surface area contributed by atoms with Crippen LogP contribution in [0.5, 0.6) is 11.5 Å². The molecule has 0 saturated carbocycles. The molecule has 118 valence electrons. The van der Waals surface area contributed by atoms with Gasteiger partial charge in [0.15, 0.2) is 0 Å². The van der Waals surface area contributed by atoms with Gasteiger partial charge in [-0.3, -0.25) is 0 Å². The third kappa shape index (κ3) is 2.67. The van der Waals surface area contributed by atoms with E-state index < -0.39 is 0 Å². The molecule has 0 fully saturated rings. The number of phenols is 1. The molecule has 3 aromatic carbocycles. The van der Waals surface area contributed by atoms with E-state index in [1.807, 2.05) is 24.3 Å². The Morgan fingerprint density at radius 2 is 1.62 bits per heavy atom. The fraction of sp³-hybridized carbons (Fsp3) is 0.0909. The topological polar surface area (TPSA) is 29.5 Å². The normalized spacial score (nSPS) is 16.0. The molecule has 3 aromatic rings. The molecular formula is C22H18O2. The van der Waals surface area contributed by atoms with Crippen LogP contribution in [-0.2, 0) is 0 Å². The highest BCUT2D eigenvalue weighted by Crippen LogP contribution is 2.43. The lowest BCUT2D eigenvalue weighted by atomic mass is 9.90. The van der Waals surface area contributed by atoms with Gasteiger partial charge in [0.25, 0.3) is 0 Å². The highest BCUT2D eigenvalue weighted by molar-refractivity contribution is 5.88. The first kappa shape index (κ1) is 14.6. The van der Waals surface area contributed by atoms with Crippen LogP contribution >= 0.6 is 0 Å². The molecule has 0 saturated heterocycles. The molecule has 0 bridgehead atoms. The zero-order valence-electron chi connectivity index (χ0n) is 13.4. The second kappa shape index (κ2) is 5.89. The van der Waals surface area contributed by atoms with E-state index in [1.165, 1.54) is 5.56 Å². The molecule has 2 heteroatoms. The van der Waals surface area contributed by atoms with Gasteiger partial charge in [-0.1, -0.05) is 60.2 Å². The van der Waals surface area contributed by atoms with E-state index in [2.05, 4.69) is 49.4 Å². The summed E-state index contributed by atoms with van der Waals surface area (Å²) in [5.41, 5.74) is 5.57. The minimum atomic E-state index is -0.192. The molecule has 24 heavy (non-hydrogen) atoms. The molecule has 0 spiro atoms. The maximum Gasteiger partial charge on any atom is 0.149 e. The van der Waals surface area contributed by atoms with Crippen LogP contribution < -0.4 is 4.74 Å². The average Bonchev–Trinajstić information content (AvgIpc) is 2.62. The van der Waals surface area contributed by atoms with E-state index in [9.17, 15) is 5.11 Å². The summed E-state index contributed by atoms with van der Waals surface area (Å²) in [6.07, 6.45) is 1.96. The highest BCUT2D eigenvalue weighted by atomic mass is 16.5. The molecule has 1 aliphatic rings. The predicted octanol–water partition coefficient (Wildman–Crippen LogP) is 5.37. The minimum absolute atomic E-state index is 0.192. The van der Waals surface area contributed by atoms with E-state index in [4.69, 9.17) is 4.74 Å². The number of aryl methyl sites for hydroxylation is 1. The third-order valence-corrected chi connectivity index (χ3v) is 4.32. The molecule has 1 heterocycles. The molecule has 2 nitrogen and oxygen atoms in total. The van der Waals surface area contributed by atoms with Crippen molar-refractivity contribution in [3.63, 3.8) is 0 Å². The third-order valence-electron chi connectivity index (χ3n) is 4.32. The molecule has 0 amide bonds. The van der Waals surface area contributed by atoms with Crippen molar-refractivity contribution in [2.75, 3.05) is 0 Å². The van der Waals surface area contributed by atoms with E-state index >= 15 is 0 Å². The van der Waals surface area contributed by atoms with E-state index in [-0.39, 0.29) is 11.9 Å². The second-order valence-corrected chi connectivity index (χ2v) is 6.10. The quantitative estimate of drug-likeness (QED) is 0.688. The molecular weight excluding hydrogens is 296 g/mol. The summed E-state index contributed by atoms with van der Waals surface area (Å²) in [6.45, 7) is 2.08. The number of fused-ring (bicyclic) bond motifs is 1. The van der Waals surface area contributed by atoms with Gasteiger partial charge in [-0.15, -0.1) is 0 Å². The standard InChI is InChI=1S/C22H18O2/c1-15-7-9-17(10-8-15)22-20(16-5-3-2-4-6-16)13-18-11-12-19(23)14-21(18)24-22/h2-14,22-23H,1H3.